The van der Waals surface area contributed by atoms with Crippen LogP contribution in [0.5, 0.6) is 0 Å². The third-order valence-corrected chi connectivity index (χ3v) is 4.70. The monoisotopic (exact) mass is 408 g/mol. The molecule has 2 aliphatic heterocycles. The summed E-state index contributed by atoms with van der Waals surface area (Å²) < 4.78 is 10.1. The molecule has 2 saturated heterocycles. The number of hydrogen-bond acceptors (Lipinski definition) is 7. The molecule has 0 aromatic rings. The Balaban J connectivity index is 2.17. The van der Waals surface area contributed by atoms with Gasteiger partial charge in [-0.25, -0.2) is 9.59 Å². The molecule has 2 aliphatic rings. The first-order chi connectivity index (χ1) is 13.6. The van der Waals surface area contributed by atoms with Gasteiger partial charge in [0.25, 0.3) is 0 Å². The fourth-order valence-electron chi connectivity index (χ4n) is 3.49. The second-order valence-electron chi connectivity index (χ2n) is 8.09. The van der Waals surface area contributed by atoms with Crippen LogP contribution in [0.25, 0.3) is 0 Å². The highest BCUT2D eigenvalue weighted by Crippen LogP contribution is 2.26. The molecule has 0 aromatic carbocycles. The molecular formula is C19H28N4O6. The van der Waals surface area contributed by atoms with E-state index in [0.29, 0.717) is 19.4 Å². The van der Waals surface area contributed by atoms with Gasteiger partial charge in [-0.15, -0.1) is 0 Å². The number of rotatable bonds is 3. The fourth-order valence-corrected chi connectivity index (χ4v) is 3.49. The Hall–Kier alpha value is -2.83. The van der Waals surface area contributed by atoms with Gasteiger partial charge in [0.15, 0.2) is 0 Å². The number of likely N-dealkylation sites (tertiary alicyclic amines) is 2. The summed E-state index contributed by atoms with van der Waals surface area (Å²) in [5.74, 6) is -2.30. The molecule has 0 spiro atoms. The minimum Gasteiger partial charge on any atom is -0.459 e. The molecule has 2 rings (SSSR count). The summed E-state index contributed by atoms with van der Waals surface area (Å²) in [6.07, 6.45) is 0.741. The first-order valence-corrected chi connectivity index (χ1v) is 9.74. The van der Waals surface area contributed by atoms with E-state index in [1.165, 1.54) is 9.80 Å². The lowest BCUT2D eigenvalue weighted by Gasteiger charge is -2.30. The molecule has 2 fully saturated rings. The van der Waals surface area contributed by atoms with Gasteiger partial charge in [0.05, 0.1) is 12.7 Å². The Labute approximate surface area is 170 Å². The average Bonchev–Trinajstić information content (AvgIpc) is 3.26. The Morgan fingerprint density at radius 1 is 1.21 bits per heavy atom. The molecule has 160 valence electrons. The van der Waals surface area contributed by atoms with Crippen molar-refractivity contribution in [1.29, 1.82) is 5.26 Å². The predicted molar refractivity (Wildman–Crippen MR) is 100 cm³/mol. The van der Waals surface area contributed by atoms with Gasteiger partial charge >= 0.3 is 18.0 Å². The van der Waals surface area contributed by atoms with Crippen molar-refractivity contribution in [2.24, 2.45) is 0 Å². The van der Waals surface area contributed by atoms with Crippen LogP contribution < -0.4 is 5.32 Å². The van der Waals surface area contributed by atoms with Crippen LogP contribution in [-0.4, -0.2) is 77.1 Å². The Bertz CT molecular complexity index is 710. The van der Waals surface area contributed by atoms with Gasteiger partial charge in [-0.1, -0.05) is 0 Å². The summed E-state index contributed by atoms with van der Waals surface area (Å²) in [4.78, 5) is 52.0. The summed E-state index contributed by atoms with van der Waals surface area (Å²) >= 11 is 0. The molecule has 1 N–H and O–H groups in total. The molecule has 0 aliphatic carbocycles. The molecule has 0 saturated carbocycles. The van der Waals surface area contributed by atoms with Gasteiger partial charge in [-0.3, -0.25) is 14.5 Å². The number of hydrogen-bond donors (Lipinski definition) is 1. The van der Waals surface area contributed by atoms with Crippen LogP contribution in [0.1, 0.15) is 47.0 Å². The van der Waals surface area contributed by atoms with Crippen LogP contribution in [0.15, 0.2) is 0 Å². The second-order valence-corrected chi connectivity index (χ2v) is 8.09. The number of nitriles is 1. The highest BCUT2D eigenvalue weighted by molar-refractivity contribution is 6.32. The van der Waals surface area contributed by atoms with Crippen LogP contribution in [0.2, 0.25) is 0 Å². The first kappa shape index (κ1) is 22.5. The van der Waals surface area contributed by atoms with E-state index in [2.05, 4.69) is 16.1 Å². The van der Waals surface area contributed by atoms with Gasteiger partial charge < -0.3 is 19.7 Å². The van der Waals surface area contributed by atoms with Crippen LogP contribution in [0.3, 0.4) is 0 Å². The van der Waals surface area contributed by atoms with E-state index in [4.69, 9.17) is 4.74 Å². The van der Waals surface area contributed by atoms with Crippen LogP contribution in [-0.2, 0) is 23.9 Å². The number of nitrogens with one attached hydrogen (secondary N) is 1. The first-order valence-electron chi connectivity index (χ1n) is 9.74. The number of esters is 1. The number of nitrogens with zero attached hydrogens (tertiary/aromatic N) is 3. The summed E-state index contributed by atoms with van der Waals surface area (Å²) in [6, 6.07) is 0.0838. The standard InChI is InChI=1S/C19H28N4O6/c1-5-28-17(26)15(24)21-12-9-14(16(25)22-8-6-7-13(22)10-20)23(11-12)18(27)29-19(2,3)4/h12-14H,5-9,11H2,1-4H3,(H,21,24)/t12-,13-,14-/m0/s1. The zero-order valence-corrected chi connectivity index (χ0v) is 17.3. The minimum absolute atomic E-state index is 0.0154. The maximum Gasteiger partial charge on any atom is 0.411 e. The molecule has 3 amide bonds. The Morgan fingerprint density at radius 3 is 2.48 bits per heavy atom. The number of carbonyl (C=O) groups excluding carboxylic acids is 4. The topological polar surface area (TPSA) is 129 Å². The van der Waals surface area contributed by atoms with Gasteiger partial charge in [0, 0.05) is 19.1 Å². The van der Waals surface area contributed by atoms with Crippen molar-refractivity contribution in [3.05, 3.63) is 0 Å². The molecule has 10 heteroatoms. The molecule has 2 heterocycles. The highest BCUT2D eigenvalue weighted by atomic mass is 16.6. The lowest BCUT2D eigenvalue weighted by atomic mass is 10.1. The summed E-state index contributed by atoms with van der Waals surface area (Å²) in [7, 11) is 0. The van der Waals surface area contributed by atoms with Crippen molar-refractivity contribution >= 4 is 23.9 Å². The van der Waals surface area contributed by atoms with E-state index in [1.54, 1.807) is 27.7 Å². The molecule has 3 atom stereocenters. The normalized spacial score (nSPS) is 24.0. The van der Waals surface area contributed by atoms with Crippen molar-refractivity contribution in [2.75, 3.05) is 19.7 Å². The molecule has 10 nitrogen and oxygen atoms in total. The molecule has 0 radical (unpaired) electrons. The zero-order chi connectivity index (χ0) is 21.8. The van der Waals surface area contributed by atoms with Crippen molar-refractivity contribution in [1.82, 2.24) is 15.1 Å². The van der Waals surface area contributed by atoms with Crippen molar-refractivity contribution in [3.63, 3.8) is 0 Å². The Kier molecular flexibility index (Phi) is 7.06. The van der Waals surface area contributed by atoms with Crippen molar-refractivity contribution in [3.8, 4) is 6.07 Å². The largest absolute Gasteiger partial charge is 0.459 e. The number of carbonyl (C=O) groups is 4. The van der Waals surface area contributed by atoms with Crippen LogP contribution in [0, 0.1) is 11.3 Å². The maximum absolute atomic E-state index is 13.1. The van der Waals surface area contributed by atoms with E-state index < -0.39 is 41.7 Å². The summed E-state index contributed by atoms with van der Waals surface area (Å²) in [6.45, 7) is 7.24. The second kappa shape index (κ2) is 9.11. The van der Waals surface area contributed by atoms with Gasteiger partial charge in [0.2, 0.25) is 5.91 Å². The third-order valence-electron chi connectivity index (χ3n) is 4.70. The number of ether oxygens (including phenoxy) is 2. The van der Waals surface area contributed by atoms with Crippen LogP contribution in [0.4, 0.5) is 4.79 Å². The average molecular weight is 408 g/mol. The molecule has 0 unspecified atom stereocenters. The zero-order valence-electron chi connectivity index (χ0n) is 17.3. The molecule has 0 bridgehead atoms. The van der Waals surface area contributed by atoms with E-state index in [9.17, 15) is 24.4 Å². The van der Waals surface area contributed by atoms with E-state index in [0.717, 1.165) is 0 Å². The lowest BCUT2D eigenvalue weighted by molar-refractivity contribution is -0.154. The van der Waals surface area contributed by atoms with E-state index >= 15 is 0 Å². The highest BCUT2D eigenvalue weighted by Gasteiger charge is 2.45. The number of amides is 3. The van der Waals surface area contributed by atoms with Gasteiger partial charge in [-0.05, 0) is 47.0 Å². The smallest absolute Gasteiger partial charge is 0.411 e. The maximum atomic E-state index is 13.1. The van der Waals surface area contributed by atoms with E-state index in [1.807, 2.05) is 0 Å². The molecule has 29 heavy (non-hydrogen) atoms. The molecular weight excluding hydrogens is 380 g/mol. The lowest BCUT2D eigenvalue weighted by Crippen LogP contribution is -2.50. The minimum atomic E-state index is -1.02. The predicted octanol–water partition coefficient (Wildman–Crippen LogP) is 0.558. The SMILES string of the molecule is CCOC(=O)C(=O)N[C@H]1C[C@@H](C(=O)N2CCC[C@H]2C#N)N(C(=O)OC(C)(C)C)C1. The van der Waals surface area contributed by atoms with Crippen LogP contribution >= 0.6 is 0 Å². The third kappa shape index (κ3) is 5.59. The quantitative estimate of drug-likeness (QED) is 0.533. The van der Waals surface area contributed by atoms with E-state index in [-0.39, 0.29) is 25.5 Å². The van der Waals surface area contributed by atoms with Gasteiger partial charge in [0.1, 0.15) is 17.7 Å². The van der Waals surface area contributed by atoms with Crippen molar-refractivity contribution < 1.29 is 28.7 Å². The Morgan fingerprint density at radius 2 is 1.90 bits per heavy atom. The fraction of sp³-hybridized carbons (Fsp3) is 0.737. The van der Waals surface area contributed by atoms with Gasteiger partial charge in [-0.2, -0.15) is 5.26 Å². The van der Waals surface area contributed by atoms with Crippen molar-refractivity contribution in [2.45, 2.75) is 70.7 Å². The summed E-state index contributed by atoms with van der Waals surface area (Å²) in [5, 5.41) is 11.8. The summed E-state index contributed by atoms with van der Waals surface area (Å²) in [5.41, 5.74) is -0.764. The molecule has 0 aromatic heterocycles.